The van der Waals surface area contributed by atoms with E-state index in [2.05, 4.69) is 34.3 Å². The molecule has 1 unspecified atom stereocenters. The van der Waals surface area contributed by atoms with Gasteiger partial charge in [0.15, 0.2) is 0 Å². The first-order valence-corrected chi connectivity index (χ1v) is 13.3. The van der Waals surface area contributed by atoms with Gasteiger partial charge in [0, 0.05) is 58.1 Å². The van der Waals surface area contributed by atoms with Crippen molar-refractivity contribution in [2.45, 2.75) is 38.3 Å². The van der Waals surface area contributed by atoms with Crippen LogP contribution in [0.2, 0.25) is 0 Å². The maximum absolute atomic E-state index is 12.7. The van der Waals surface area contributed by atoms with Crippen LogP contribution in [-0.2, 0) is 4.79 Å². The molecule has 11 nitrogen and oxygen atoms in total. The maximum atomic E-state index is 12.7. The van der Waals surface area contributed by atoms with Crippen LogP contribution < -0.4 is 22.5 Å². The SMILES string of the molecule is CC(CN1C[C@@H]2[C@@H](N)[C@@H]2C1)c1ccc(-n2ccc(NC(=O)N3CCN(C(=O)C(C)(C)N)CC3)nc2=O)cc1. The number of nitrogens with zero attached hydrogens (tertiary/aromatic N) is 5. The Hall–Kier alpha value is -3.28. The third-order valence-corrected chi connectivity index (χ3v) is 8.05. The molecule has 2 aliphatic heterocycles. The normalized spacial score (nSPS) is 24.2. The third-order valence-electron chi connectivity index (χ3n) is 8.05. The second-order valence-electron chi connectivity index (χ2n) is 11.5. The van der Waals surface area contributed by atoms with Crippen LogP contribution in [0, 0.1) is 11.8 Å². The Morgan fingerprint density at radius 1 is 1.05 bits per heavy atom. The number of urea groups is 1. The van der Waals surface area contributed by atoms with Crippen LogP contribution >= 0.6 is 0 Å². The summed E-state index contributed by atoms with van der Waals surface area (Å²) in [5.41, 5.74) is 12.5. The highest BCUT2D eigenvalue weighted by atomic mass is 16.2. The molecule has 38 heavy (non-hydrogen) atoms. The molecule has 1 aliphatic carbocycles. The second kappa shape index (κ2) is 10.1. The first-order chi connectivity index (χ1) is 18.0. The van der Waals surface area contributed by atoms with E-state index in [1.165, 1.54) is 10.1 Å². The van der Waals surface area contributed by atoms with Gasteiger partial charge < -0.3 is 26.2 Å². The quantitative estimate of drug-likeness (QED) is 0.505. The number of carbonyl (C=O) groups is 2. The van der Waals surface area contributed by atoms with Gasteiger partial charge in [0.1, 0.15) is 5.82 Å². The van der Waals surface area contributed by atoms with Gasteiger partial charge in [0.25, 0.3) is 0 Å². The van der Waals surface area contributed by atoms with Crippen LogP contribution in [-0.4, -0.2) is 93.6 Å². The minimum Gasteiger partial charge on any atom is -0.338 e. The lowest BCUT2D eigenvalue weighted by molar-refractivity contribution is -0.137. The van der Waals surface area contributed by atoms with Gasteiger partial charge in [-0.15, -0.1) is 0 Å². The Bertz CT molecular complexity index is 1230. The van der Waals surface area contributed by atoms with Crippen molar-refractivity contribution in [3.63, 3.8) is 0 Å². The summed E-state index contributed by atoms with van der Waals surface area (Å²) >= 11 is 0. The lowest BCUT2D eigenvalue weighted by Crippen LogP contribution is -2.58. The number of hydrogen-bond acceptors (Lipinski definition) is 7. The Balaban J connectivity index is 1.15. The Kier molecular flexibility index (Phi) is 7.01. The van der Waals surface area contributed by atoms with Crippen molar-refractivity contribution in [3.05, 3.63) is 52.6 Å². The molecule has 5 N–H and O–H groups in total. The summed E-state index contributed by atoms with van der Waals surface area (Å²) in [5.74, 6) is 1.79. The summed E-state index contributed by atoms with van der Waals surface area (Å²) in [4.78, 5) is 47.6. The van der Waals surface area contributed by atoms with Gasteiger partial charge in [-0.25, -0.2) is 9.59 Å². The van der Waals surface area contributed by atoms with Gasteiger partial charge in [-0.3, -0.25) is 14.7 Å². The van der Waals surface area contributed by atoms with E-state index < -0.39 is 11.2 Å². The van der Waals surface area contributed by atoms with Crippen LogP contribution in [0.5, 0.6) is 0 Å². The molecule has 204 valence electrons. The number of likely N-dealkylation sites (tertiary alicyclic amines) is 1. The Morgan fingerprint density at radius 2 is 1.66 bits per heavy atom. The number of anilines is 1. The van der Waals surface area contributed by atoms with E-state index >= 15 is 0 Å². The van der Waals surface area contributed by atoms with Crippen molar-refractivity contribution in [1.82, 2.24) is 24.3 Å². The topological polar surface area (TPSA) is 143 Å². The smallest absolute Gasteiger partial charge is 0.338 e. The van der Waals surface area contributed by atoms with Crippen LogP contribution in [0.3, 0.4) is 0 Å². The molecule has 0 bridgehead atoms. The number of fused-ring (bicyclic) bond motifs is 1. The standard InChI is InChI=1S/C27H38N8O3/c1-17(14-32-15-20-21(16-32)23(20)28)18-4-6-19(7-5-18)35-9-8-22(31-26(35)38)30-25(37)34-12-10-33(11-13-34)24(36)27(2,3)29/h4-9,17,20-21,23H,10-16,28-29H2,1-3H3,(H,30,31,37,38)/t17?,20-,21+,23+. The molecule has 1 aromatic heterocycles. The van der Waals surface area contributed by atoms with Gasteiger partial charge in [0.05, 0.1) is 11.2 Å². The van der Waals surface area contributed by atoms with Crippen molar-refractivity contribution in [1.29, 1.82) is 0 Å². The molecule has 2 saturated heterocycles. The predicted molar refractivity (Wildman–Crippen MR) is 145 cm³/mol. The zero-order valence-corrected chi connectivity index (χ0v) is 22.3. The van der Waals surface area contributed by atoms with E-state index in [1.807, 2.05) is 12.1 Å². The highest BCUT2D eigenvalue weighted by Gasteiger charge is 2.53. The summed E-state index contributed by atoms with van der Waals surface area (Å²) < 4.78 is 1.46. The van der Waals surface area contributed by atoms with Crippen molar-refractivity contribution in [2.75, 3.05) is 51.1 Å². The fourth-order valence-corrected chi connectivity index (χ4v) is 5.64. The molecular weight excluding hydrogens is 484 g/mol. The highest BCUT2D eigenvalue weighted by Crippen LogP contribution is 2.44. The number of nitrogens with two attached hydrogens (primary N) is 2. The molecular formula is C27H38N8O3. The average molecular weight is 523 g/mol. The van der Waals surface area contributed by atoms with Crippen molar-refractivity contribution in [2.24, 2.45) is 23.3 Å². The summed E-state index contributed by atoms with van der Waals surface area (Å²) in [7, 11) is 0. The lowest BCUT2D eigenvalue weighted by atomic mass is 10.00. The number of piperazine rings is 1. The maximum Gasteiger partial charge on any atom is 0.354 e. The summed E-state index contributed by atoms with van der Waals surface area (Å²) in [6.07, 6.45) is 1.61. The first-order valence-electron chi connectivity index (χ1n) is 13.3. The largest absolute Gasteiger partial charge is 0.354 e. The minimum absolute atomic E-state index is 0.140. The second-order valence-corrected chi connectivity index (χ2v) is 11.5. The number of benzene rings is 1. The third kappa shape index (κ3) is 5.45. The highest BCUT2D eigenvalue weighted by molar-refractivity contribution is 5.89. The molecule has 3 amide bonds. The molecule has 3 aliphatic rings. The molecule has 3 heterocycles. The van der Waals surface area contributed by atoms with E-state index in [-0.39, 0.29) is 17.8 Å². The number of carbonyl (C=O) groups excluding carboxylic acids is 2. The number of amides is 3. The minimum atomic E-state index is -0.945. The number of piperidine rings is 1. The van der Waals surface area contributed by atoms with Crippen molar-refractivity contribution >= 4 is 17.8 Å². The van der Waals surface area contributed by atoms with Gasteiger partial charge in [-0.05, 0) is 55.4 Å². The van der Waals surface area contributed by atoms with Crippen LogP contribution in [0.15, 0.2) is 41.3 Å². The average Bonchev–Trinajstić information content (AvgIpc) is 3.27. The summed E-state index contributed by atoms with van der Waals surface area (Å²) in [6.45, 7) is 10.3. The van der Waals surface area contributed by atoms with Gasteiger partial charge in [-0.2, -0.15) is 4.98 Å². The van der Waals surface area contributed by atoms with Crippen LogP contribution in [0.4, 0.5) is 10.6 Å². The molecule has 1 saturated carbocycles. The molecule has 2 aromatic rings. The zero-order valence-electron chi connectivity index (χ0n) is 22.3. The Morgan fingerprint density at radius 3 is 2.24 bits per heavy atom. The van der Waals surface area contributed by atoms with E-state index in [9.17, 15) is 14.4 Å². The molecule has 0 spiro atoms. The number of rotatable bonds is 6. The molecule has 5 rings (SSSR count). The van der Waals surface area contributed by atoms with Crippen LogP contribution in [0.25, 0.3) is 5.69 Å². The summed E-state index contributed by atoms with van der Waals surface area (Å²) in [6, 6.07) is 9.62. The number of hydrogen-bond donors (Lipinski definition) is 3. The van der Waals surface area contributed by atoms with E-state index in [0.717, 1.165) is 19.6 Å². The molecule has 4 atom stereocenters. The van der Waals surface area contributed by atoms with Crippen LogP contribution in [0.1, 0.15) is 32.3 Å². The first kappa shape index (κ1) is 26.3. The van der Waals surface area contributed by atoms with Crippen molar-refractivity contribution in [3.8, 4) is 5.69 Å². The molecule has 3 fully saturated rings. The van der Waals surface area contributed by atoms with E-state index in [0.29, 0.717) is 55.7 Å². The molecule has 11 heteroatoms. The zero-order chi connectivity index (χ0) is 27.2. The van der Waals surface area contributed by atoms with Crippen molar-refractivity contribution < 1.29 is 9.59 Å². The van der Waals surface area contributed by atoms with E-state index in [4.69, 9.17) is 11.5 Å². The van der Waals surface area contributed by atoms with Gasteiger partial charge in [-0.1, -0.05) is 19.1 Å². The number of aromatic nitrogens is 2. The molecule has 0 radical (unpaired) electrons. The molecule has 1 aromatic carbocycles. The number of nitrogens with one attached hydrogen (secondary N) is 1. The fraction of sp³-hybridized carbons (Fsp3) is 0.556. The fourth-order valence-electron chi connectivity index (χ4n) is 5.64. The predicted octanol–water partition coefficient (Wildman–Crippen LogP) is 0.638. The van der Waals surface area contributed by atoms with Gasteiger partial charge >= 0.3 is 11.7 Å². The lowest BCUT2D eigenvalue weighted by Gasteiger charge is -2.37. The Labute approximate surface area is 222 Å². The van der Waals surface area contributed by atoms with Gasteiger partial charge in [0.2, 0.25) is 5.91 Å². The van der Waals surface area contributed by atoms with E-state index in [1.54, 1.807) is 35.9 Å². The summed E-state index contributed by atoms with van der Waals surface area (Å²) in [5, 5.41) is 2.69. The monoisotopic (exact) mass is 522 g/mol.